The molecule has 1 rings (SSSR count). The number of rotatable bonds is 4. The van der Waals surface area contributed by atoms with Crippen LogP contribution in [0.25, 0.3) is 0 Å². The van der Waals surface area contributed by atoms with E-state index in [2.05, 4.69) is 5.32 Å². The molecule has 1 aliphatic rings. The largest absolute Gasteiger partial charge is 0.480 e. The standard InChI is InChI=1S/C12H23N3O3/c1-8(2)6-10(11(16)17)14-12(18)15-5-3-4-9(13)7-15/h8-10H,3-7,13H2,1-2H3,(H,14,18)(H,16,17). The van der Waals surface area contributed by atoms with Crippen molar-refractivity contribution in [2.24, 2.45) is 11.7 Å². The van der Waals surface area contributed by atoms with E-state index in [1.807, 2.05) is 13.8 Å². The van der Waals surface area contributed by atoms with Crippen LogP contribution in [0.4, 0.5) is 4.79 Å². The van der Waals surface area contributed by atoms with E-state index in [-0.39, 0.29) is 18.0 Å². The smallest absolute Gasteiger partial charge is 0.326 e. The zero-order valence-electron chi connectivity index (χ0n) is 11.1. The van der Waals surface area contributed by atoms with Gasteiger partial charge in [0.1, 0.15) is 6.04 Å². The fraction of sp³-hybridized carbons (Fsp3) is 0.833. The number of amides is 2. The van der Waals surface area contributed by atoms with Crippen LogP contribution in [0.2, 0.25) is 0 Å². The van der Waals surface area contributed by atoms with Gasteiger partial charge in [0.15, 0.2) is 0 Å². The number of nitrogens with one attached hydrogen (secondary N) is 1. The maximum atomic E-state index is 11.9. The van der Waals surface area contributed by atoms with Crippen LogP contribution in [0.5, 0.6) is 0 Å². The molecule has 6 heteroatoms. The second kappa shape index (κ2) is 6.58. The number of carbonyl (C=O) groups is 2. The van der Waals surface area contributed by atoms with Crippen LogP contribution >= 0.6 is 0 Å². The predicted octanol–water partition coefficient (Wildman–Crippen LogP) is 0.618. The van der Waals surface area contributed by atoms with Gasteiger partial charge in [-0.25, -0.2) is 9.59 Å². The summed E-state index contributed by atoms with van der Waals surface area (Å²) in [6.45, 7) is 5.01. The van der Waals surface area contributed by atoms with Crippen molar-refractivity contribution in [3.05, 3.63) is 0 Å². The molecule has 0 radical (unpaired) electrons. The minimum atomic E-state index is -0.988. The summed E-state index contributed by atoms with van der Waals surface area (Å²) in [6.07, 6.45) is 2.22. The van der Waals surface area contributed by atoms with Crippen LogP contribution in [0.15, 0.2) is 0 Å². The van der Waals surface area contributed by atoms with E-state index in [1.165, 1.54) is 0 Å². The van der Waals surface area contributed by atoms with Gasteiger partial charge in [0.2, 0.25) is 0 Å². The van der Waals surface area contributed by atoms with E-state index in [9.17, 15) is 9.59 Å². The molecule has 0 saturated carbocycles. The lowest BCUT2D eigenvalue weighted by Crippen LogP contribution is -2.53. The zero-order valence-corrected chi connectivity index (χ0v) is 11.1. The first-order valence-corrected chi connectivity index (χ1v) is 6.44. The van der Waals surface area contributed by atoms with Gasteiger partial charge in [-0.2, -0.15) is 0 Å². The summed E-state index contributed by atoms with van der Waals surface area (Å²) in [7, 11) is 0. The fourth-order valence-corrected chi connectivity index (χ4v) is 2.13. The summed E-state index contributed by atoms with van der Waals surface area (Å²) in [4.78, 5) is 24.6. The van der Waals surface area contributed by atoms with Crippen molar-refractivity contribution in [1.29, 1.82) is 0 Å². The number of nitrogens with zero attached hydrogens (tertiary/aromatic N) is 1. The molecular formula is C12H23N3O3. The van der Waals surface area contributed by atoms with Crippen LogP contribution in [-0.4, -0.2) is 47.2 Å². The number of likely N-dealkylation sites (tertiary alicyclic amines) is 1. The maximum Gasteiger partial charge on any atom is 0.326 e. The average molecular weight is 257 g/mol. The Balaban J connectivity index is 2.52. The third-order valence-corrected chi connectivity index (χ3v) is 3.05. The third-order valence-electron chi connectivity index (χ3n) is 3.05. The van der Waals surface area contributed by atoms with Gasteiger partial charge >= 0.3 is 12.0 Å². The number of aliphatic carboxylic acids is 1. The molecule has 1 aliphatic heterocycles. The summed E-state index contributed by atoms with van der Waals surface area (Å²) in [5, 5.41) is 11.6. The Morgan fingerprint density at radius 3 is 2.67 bits per heavy atom. The van der Waals surface area contributed by atoms with Gasteiger partial charge in [-0.15, -0.1) is 0 Å². The lowest BCUT2D eigenvalue weighted by atomic mass is 10.0. The van der Waals surface area contributed by atoms with E-state index in [0.717, 1.165) is 12.8 Å². The molecule has 6 nitrogen and oxygen atoms in total. The molecule has 104 valence electrons. The van der Waals surface area contributed by atoms with Crippen molar-refractivity contribution in [2.45, 2.75) is 45.2 Å². The molecule has 0 aliphatic carbocycles. The van der Waals surface area contributed by atoms with Crippen LogP contribution in [0, 0.1) is 5.92 Å². The Bertz CT molecular complexity index is 307. The summed E-state index contributed by atoms with van der Waals surface area (Å²) in [6, 6.07) is -1.15. The Labute approximate surface area is 108 Å². The first kappa shape index (κ1) is 14.8. The molecule has 0 aromatic carbocycles. The normalized spacial score (nSPS) is 21.8. The lowest BCUT2D eigenvalue weighted by Gasteiger charge is -2.31. The van der Waals surface area contributed by atoms with Gasteiger partial charge in [-0.1, -0.05) is 13.8 Å². The number of hydrogen-bond donors (Lipinski definition) is 3. The molecule has 0 bridgehead atoms. The van der Waals surface area contributed by atoms with E-state index in [4.69, 9.17) is 10.8 Å². The molecule has 0 aromatic rings. The third kappa shape index (κ3) is 4.52. The van der Waals surface area contributed by atoms with Gasteiger partial charge in [0.25, 0.3) is 0 Å². The minimum absolute atomic E-state index is 0.00197. The quantitative estimate of drug-likeness (QED) is 0.688. The average Bonchev–Trinajstić information content (AvgIpc) is 2.27. The van der Waals surface area contributed by atoms with Crippen molar-refractivity contribution >= 4 is 12.0 Å². The maximum absolute atomic E-state index is 11.9. The number of carboxylic acid groups (broad SMARTS) is 1. The highest BCUT2D eigenvalue weighted by Crippen LogP contribution is 2.10. The molecule has 1 saturated heterocycles. The molecule has 1 heterocycles. The van der Waals surface area contributed by atoms with Crippen molar-refractivity contribution in [3.8, 4) is 0 Å². The molecule has 2 unspecified atom stereocenters. The molecule has 4 N–H and O–H groups in total. The summed E-state index contributed by atoms with van der Waals surface area (Å²) in [5.41, 5.74) is 5.80. The molecule has 1 fully saturated rings. The molecule has 0 spiro atoms. The zero-order chi connectivity index (χ0) is 13.7. The molecule has 2 amide bonds. The van der Waals surface area contributed by atoms with Crippen LogP contribution < -0.4 is 11.1 Å². The summed E-state index contributed by atoms with van der Waals surface area (Å²) < 4.78 is 0. The first-order valence-electron chi connectivity index (χ1n) is 6.44. The number of carbonyl (C=O) groups excluding carboxylic acids is 1. The second-order valence-electron chi connectivity index (χ2n) is 5.32. The van der Waals surface area contributed by atoms with Crippen molar-refractivity contribution in [2.75, 3.05) is 13.1 Å². The first-order chi connectivity index (χ1) is 8.40. The molecule has 18 heavy (non-hydrogen) atoms. The minimum Gasteiger partial charge on any atom is -0.480 e. The SMILES string of the molecule is CC(C)CC(NC(=O)N1CCCC(N)C1)C(=O)O. The van der Waals surface area contributed by atoms with Crippen molar-refractivity contribution < 1.29 is 14.7 Å². The van der Waals surface area contributed by atoms with E-state index >= 15 is 0 Å². The van der Waals surface area contributed by atoms with E-state index in [1.54, 1.807) is 4.90 Å². The van der Waals surface area contributed by atoms with Gasteiger partial charge in [0.05, 0.1) is 0 Å². The van der Waals surface area contributed by atoms with E-state index < -0.39 is 12.0 Å². The number of hydrogen-bond acceptors (Lipinski definition) is 3. The Kier molecular flexibility index (Phi) is 5.40. The molecule has 0 aromatic heterocycles. The number of piperidine rings is 1. The van der Waals surface area contributed by atoms with Gasteiger partial charge in [0, 0.05) is 19.1 Å². The highest BCUT2D eigenvalue weighted by Gasteiger charge is 2.26. The Morgan fingerprint density at radius 2 is 2.17 bits per heavy atom. The lowest BCUT2D eigenvalue weighted by molar-refractivity contribution is -0.139. The van der Waals surface area contributed by atoms with Crippen molar-refractivity contribution in [1.82, 2.24) is 10.2 Å². The van der Waals surface area contributed by atoms with E-state index in [0.29, 0.717) is 19.5 Å². The number of carboxylic acids is 1. The van der Waals surface area contributed by atoms with Crippen LogP contribution in [-0.2, 0) is 4.79 Å². The second-order valence-corrected chi connectivity index (χ2v) is 5.32. The monoisotopic (exact) mass is 257 g/mol. The fourth-order valence-electron chi connectivity index (χ4n) is 2.13. The predicted molar refractivity (Wildman–Crippen MR) is 68.2 cm³/mol. The Hall–Kier alpha value is -1.30. The number of nitrogens with two attached hydrogens (primary N) is 1. The number of urea groups is 1. The molecular weight excluding hydrogens is 234 g/mol. The van der Waals surface area contributed by atoms with Crippen molar-refractivity contribution in [3.63, 3.8) is 0 Å². The highest BCUT2D eigenvalue weighted by molar-refractivity contribution is 5.82. The van der Waals surface area contributed by atoms with Gasteiger partial charge in [-0.05, 0) is 25.2 Å². The van der Waals surface area contributed by atoms with Crippen LogP contribution in [0.3, 0.4) is 0 Å². The Morgan fingerprint density at radius 1 is 1.50 bits per heavy atom. The topological polar surface area (TPSA) is 95.7 Å². The summed E-state index contributed by atoms with van der Waals surface area (Å²) >= 11 is 0. The highest BCUT2D eigenvalue weighted by atomic mass is 16.4. The van der Waals surface area contributed by atoms with Crippen LogP contribution in [0.1, 0.15) is 33.1 Å². The summed E-state index contributed by atoms with van der Waals surface area (Å²) in [5.74, 6) is -0.770. The molecule has 2 atom stereocenters. The van der Waals surface area contributed by atoms with Gasteiger partial charge < -0.3 is 21.1 Å². The van der Waals surface area contributed by atoms with Gasteiger partial charge in [-0.3, -0.25) is 0 Å².